The number of carbonyl (C=O) groups is 4. The van der Waals surface area contributed by atoms with Gasteiger partial charge in [0.05, 0.1) is 0 Å². The summed E-state index contributed by atoms with van der Waals surface area (Å²) < 4.78 is 5.46. The third-order valence-electron chi connectivity index (χ3n) is 6.44. The molecule has 170 valence electrons. The largest absolute Gasteiger partial charge is 0.484 e. The number of ether oxygens (including phenoxy) is 1. The molecule has 1 aliphatic carbocycles. The van der Waals surface area contributed by atoms with Crippen molar-refractivity contribution in [2.45, 2.75) is 38.6 Å². The van der Waals surface area contributed by atoms with Crippen molar-refractivity contribution in [3.8, 4) is 0 Å². The van der Waals surface area contributed by atoms with Crippen molar-refractivity contribution in [2.75, 3.05) is 39.8 Å². The van der Waals surface area contributed by atoms with Crippen LogP contribution in [0.15, 0.2) is 35.3 Å². The van der Waals surface area contributed by atoms with E-state index in [-0.39, 0.29) is 11.8 Å². The number of hydrogen-bond acceptors (Lipinski definition) is 6. The van der Waals surface area contributed by atoms with Gasteiger partial charge in [0, 0.05) is 56.5 Å². The molecule has 3 aliphatic heterocycles. The molecule has 0 bridgehead atoms. The Morgan fingerprint density at radius 1 is 1.06 bits per heavy atom. The molecule has 2 fully saturated rings. The zero-order chi connectivity index (χ0) is 23.0. The summed E-state index contributed by atoms with van der Waals surface area (Å²) in [6, 6.07) is 0.331. The number of allylic oxidation sites excluding steroid dienone is 2. The van der Waals surface area contributed by atoms with Crippen LogP contribution in [-0.4, -0.2) is 86.0 Å². The highest BCUT2D eigenvalue weighted by atomic mass is 16.5. The zero-order valence-corrected chi connectivity index (χ0v) is 18.5. The highest BCUT2D eigenvalue weighted by Crippen LogP contribution is 2.40. The highest BCUT2D eigenvalue weighted by Gasteiger charge is 2.42. The van der Waals surface area contributed by atoms with Gasteiger partial charge in [-0.1, -0.05) is 18.9 Å². The van der Waals surface area contributed by atoms with E-state index in [1.54, 1.807) is 6.08 Å². The first-order valence-corrected chi connectivity index (χ1v) is 10.7. The fraction of sp³-hybridized carbons (Fsp3) is 0.565. The summed E-state index contributed by atoms with van der Waals surface area (Å²) in [6.07, 6.45) is 10.2. The molecule has 0 aromatic carbocycles. The second-order valence-corrected chi connectivity index (χ2v) is 7.93. The Morgan fingerprint density at radius 2 is 1.71 bits per heavy atom. The lowest BCUT2D eigenvalue weighted by atomic mass is 9.77. The van der Waals surface area contributed by atoms with Gasteiger partial charge >= 0.3 is 0 Å². The van der Waals surface area contributed by atoms with E-state index in [0.717, 1.165) is 31.5 Å². The Morgan fingerprint density at radius 3 is 2.32 bits per heavy atom. The lowest BCUT2D eigenvalue weighted by Gasteiger charge is -2.48. The number of likely N-dealkylation sites (N-methyl/N-ethyl adjacent to an activating group) is 1. The predicted molar refractivity (Wildman–Crippen MR) is 117 cm³/mol. The molecule has 1 saturated heterocycles. The summed E-state index contributed by atoms with van der Waals surface area (Å²) in [5.41, 5.74) is 2.13. The van der Waals surface area contributed by atoms with Gasteiger partial charge in [0.1, 0.15) is 20.2 Å². The molecule has 8 nitrogen and oxygen atoms in total. The second-order valence-electron chi connectivity index (χ2n) is 7.93. The zero-order valence-electron chi connectivity index (χ0n) is 18.5. The van der Waals surface area contributed by atoms with Crippen molar-refractivity contribution in [3.63, 3.8) is 0 Å². The average Bonchev–Trinajstić information content (AvgIpc) is 2.86. The van der Waals surface area contributed by atoms with Crippen LogP contribution in [0.5, 0.6) is 0 Å². The molecule has 3 heterocycles. The lowest BCUT2D eigenvalue weighted by Crippen LogP contribution is -2.55. The van der Waals surface area contributed by atoms with Crippen LogP contribution in [0.1, 0.15) is 32.6 Å². The Kier molecular flexibility index (Phi) is 9.03. The Labute approximate surface area is 184 Å². The summed E-state index contributed by atoms with van der Waals surface area (Å²) in [5.74, 6) is 1.01. The first-order chi connectivity index (χ1) is 15.1. The van der Waals surface area contributed by atoms with Crippen molar-refractivity contribution >= 4 is 25.4 Å². The third-order valence-corrected chi connectivity index (χ3v) is 6.44. The highest BCUT2D eigenvalue weighted by molar-refractivity contribution is 5.95. The molecule has 0 spiro atoms. The number of piperazine rings is 1. The van der Waals surface area contributed by atoms with Crippen LogP contribution < -0.4 is 0 Å². The fourth-order valence-electron chi connectivity index (χ4n) is 5.00. The summed E-state index contributed by atoms with van der Waals surface area (Å²) in [6.45, 7) is 9.33. The quantitative estimate of drug-likeness (QED) is 0.659. The van der Waals surface area contributed by atoms with Crippen LogP contribution >= 0.6 is 0 Å². The maximum Gasteiger partial charge on any atom is 0.289 e. The molecule has 31 heavy (non-hydrogen) atoms. The van der Waals surface area contributed by atoms with E-state index in [2.05, 4.69) is 4.90 Å². The van der Waals surface area contributed by atoms with Crippen LogP contribution in [0.25, 0.3) is 0 Å². The predicted octanol–water partition coefficient (Wildman–Crippen LogP) is 1.54. The summed E-state index contributed by atoms with van der Waals surface area (Å²) >= 11 is 0. The topological polar surface area (TPSA) is 87.2 Å². The summed E-state index contributed by atoms with van der Waals surface area (Å²) in [4.78, 5) is 47.6. The fourth-order valence-corrected chi connectivity index (χ4v) is 5.00. The van der Waals surface area contributed by atoms with Gasteiger partial charge in [0.15, 0.2) is 5.76 Å². The van der Waals surface area contributed by atoms with Gasteiger partial charge in [-0.3, -0.25) is 9.59 Å². The molecular weight excluding hydrogens is 398 g/mol. The minimum atomic E-state index is -0.0281. The van der Waals surface area contributed by atoms with Crippen LogP contribution in [0.3, 0.4) is 0 Å². The first-order valence-electron chi connectivity index (χ1n) is 10.7. The molecule has 2 amide bonds. The molecule has 1 saturated carbocycles. The normalized spacial score (nSPS) is 25.3. The molecule has 0 aromatic rings. The van der Waals surface area contributed by atoms with Crippen molar-refractivity contribution in [1.82, 2.24) is 14.7 Å². The molecule has 8 heteroatoms. The van der Waals surface area contributed by atoms with E-state index in [1.165, 1.54) is 18.5 Å². The van der Waals surface area contributed by atoms with Gasteiger partial charge in [-0.05, 0) is 31.9 Å². The Bertz CT molecular complexity index is 750. The number of fused-ring (bicyclic) bond motifs is 1. The second kappa shape index (κ2) is 11.5. The molecule has 2 unspecified atom stereocenters. The number of rotatable bonds is 2. The number of hydrogen-bond donors (Lipinski definition) is 0. The Balaban J connectivity index is 0.000000807. The van der Waals surface area contributed by atoms with Crippen LogP contribution in [0.4, 0.5) is 0 Å². The van der Waals surface area contributed by atoms with E-state index in [1.807, 2.05) is 49.5 Å². The van der Waals surface area contributed by atoms with Gasteiger partial charge < -0.3 is 29.0 Å². The summed E-state index contributed by atoms with van der Waals surface area (Å²) in [5, 5.41) is 0. The molecule has 2 atom stereocenters. The van der Waals surface area contributed by atoms with Crippen LogP contribution in [0, 0.1) is 5.92 Å². The molecule has 0 radical (unpaired) electrons. The molecule has 4 rings (SSSR count). The molecule has 4 aliphatic rings. The standard InChI is InChI=1S/C21H29N3O3.2CH2O/c1-15-19(16-7-3-4-8-17(16)22(2)20(15)25)23-10-12-24(13-11-23)21(26)18-9-5-6-14-27-18;2*1-2/h5-6,9,16-17H,3-4,7-8,10-14H2,1-2H3;2*1H2. The number of nitrogens with zero attached hydrogens (tertiary/aromatic N) is 3. The van der Waals surface area contributed by atoms with Gasteiger partial charge in [0.2, 0.25) is 0 Å². The maximum atomic E-state index is 12.8. The third kappa shape index (κ3) is 5.06. The van der Waals surface area contributed by atoms with E-state index >= 15 is 0 Å². The number of carbonyl (C=O) groups excluding carboxylic acids is 4. The van der Waals surface area contributed by atoms with E-state index in [0.29, 0.717) is 37.4 Å². The van der Waals surface area contributed by atoms with Crippen molar-refractivity contribution in [1.29, 1.82) is 0 Å². The van der Waals surface area contributed by atoms with Crippen molar-refractivity contribution in [3.05, 3.63) is 35.3 Å². The lowest BCUT2D eigenvalue weighted by molar-refractivity contribution is -0.134. The van der Waals surface area contributed by atoms with E-state index in [4.69, 9.17) is 14.3 Å². The average molecular weight is 432 g/mol. The van der Waals surface area contributed by atoms with Crippen molar-refractivity contribution in [2.24, 2.45) is 5.92 Å². The maximum absolute atomic E-state index is 12.8. The van der Waals surface area contributed by atoms with E-state index < -0.39 is 0 Å². The van der Waals surface area contributed by atoms with Crippen LogP contribution in [0.2, 0.25) is 0 Å². The van der Waals surface area contributed by atoms with Crippen LogP contribution in [-0.2, 0) is 23.9 Å². The van der Waals surface area contributed by atoms with Crippen molar-refractivity contribution < 1.29 is 23.9 Å². The molecule has 0 aromatic heterocycles. The summed E-state index contributed by atoms with van der Waals surface area (Å²) in [7, 11) is 1.95. The number of amides is 2. The van der Waals surface area contributed by atoms with Gasteiger partial charge in [-0.25, -0.2) is 0 Å². The van der Waals surface area contributed by atoms with Gasteiger partial charge in [-0.2, -0.15) is 0 Å². The SMILES string of the molecule is C=O.C=O.CC1=C(N2CCN(C(=O)C3=CC=CCO3)CC2)C2CCCCC2N(C)C1=O. The minimum absolute atomic E-state index is 0.0281. The van der Waals surface area contributed by atoms with Gasteiger partial charge in [0.25, 0.3) is 11.8 Å². The Hall–Kier alpha value is -2.90. The molecule has 0 N–H and O–H groups in total. The smallest absolute Gasteiger partial charge is 0.289 e. The van der Waals surface area contributed by atoms with E-state index in [9.17, 15) is 9.59 Å². The molecular formula is C23H33N3O5. The van der Waals surface area contributed by atoms with Gasteiger partial charge in [-0.15, -0.1) is 0 Å². The monoisotopic (exact) mass is 431 g/mol. The minimum Gasteiger partial charge on any atom is -0.484 e. The first kappa shape index (κ1) is 24.4.